The van der Waals surface area contributed by atoms with Crippen LogP contribution >= 0.6 is 24.4 Å². The first-order valence-corrected chi connectivity index (χ1v) is 5.97. The molecule has 0 aromatic heterocycles. The highest BCUT2D eigenvalue weighted by atomic mass is 32.1. The smallest absolute Gasteiger partial charge is 0.184 e. The summed E-state index contributed by atoms with van der Waals surface area (Å²) in [6, 6.07) is 0. The molecule has 114 valence electrons. The van der Waals surface area contributed by atoms with E-state index in [1.165, 1.54) is 0 Å². The summed E-state index contributed by atoms with van der Waals surface area (Å²) in [6.07, 6.45) is -3.97. The zero-order chi connectivity index (χ0) is 15.7. The Labute approximate surface area is 125 Å². The Balaban J connectivity index is 5.00. The molecule has 0 rings (SSSR count). The fraction of sp³-hybridized carbons (Fsp3) is 0.500. The minimum atomic E-state index is -1.71. The Bertz CT molecular complexity index is 404. The molecular formula is C8H16N6O4S2. The second kappa shape index (κ2) is 9.46. The van der Waals surface area contributed by atoms with Gasteiger partial charge in [-0.2, -0.15) is 10.2 Å². The number of rotatable bonds is 7. The van der Waals surface area contributed by atoms with Crippen LogP contribution < -0.4 is 22.3 Å². The molecule has 0 aliphatic heterocycles. The first-order chi connectivity index (χ1) is 9.29. The van der Waals surface area contributed by atoms with E-state index in [1.807, 2.05) is 0 Å². The van der Waals surface area contributed by atoms with Crippen LogP contribution in [0, 0.1) is 0 Å². The van der Waals surface area contributed by atoms with Crippen molar-refractivity contribution in [2.24, 2.45) is 21.7 Å². The molecule has 0 heterocycles. The topological polar surface area (TPSA) is 182 Å². The molecule has 3 atom stereocenters. The van der Waals surface area contributed by atoms with Crippen LogP contribution in [0.5, 0.6) is 0 Å². The van der Waals surface area contributed by atoms with Crippen molar-refractivity contribution < 1.29 is 20.4 Å². The van der Waals surface area contributed by atoms with Crippen molar-refractivity contribution >= 4 is 46.6 Å². The number of nitrogens with one attached hydrogen (secondary N) is 2. The summed E-state index contributed by atoms with van der Waals surface area (Å²) in [5.41, 5.74) is 14.4. The molecule has 0 fully saturated rings. The van der Waals surface area contributed by atoms with Gasteiger partial charge in [0.25, 0.3) is 0 Å². The molecule has 0 bridgehead atoms. The first kappa shape index (κ1) is 18.6. The van der Waals surface area contributed by atoms with Gasteiger partial charge in [-0.1, -0.05) is 0 Å². The molecule has 0 aromatic carbocycles. The normalized spacial score (nSPS) is 16.5. The van der Waals surface area contributed by atoms with E-state index in [2.05, 4.69) is 45.5 Å². The number of nitrogens with two attached hydrogens (primary N) is 2. The second-order valence-corrected chi connectivity index (χ2v) is 4.31. The van der Waals surface area contributed by atoms with Crippen molar-refractivity contribution in [3.8, 4) is 0 Å². The lowest BCUT2D eigenvalue weighted by molar-refractivity contribution is -0.0549. The van der Waals surface area contributed by atoms with Gasteiger partial charge in [-0.15, -0.1) is 0 Å². The summed E-state index contributed by atoms with van der Waals surface area (Å²) < 4.78 is 0. The van der Waals surface area contributed by atoms with Gasteiger partial charge in [0, 0.05) is 0 Å². The molecule has 0 aliphatic carbocycles. The van der Waals surface area contributed by atoms with Crippen LogP contribution in [0.25, 0.3) is 0 Å². The average Bonchev–Trinajstić information content (AvgIpc) is 2.39. The predicted octanol–water partition coefficient (Wildman–Crippen LogP) is -3.93. The van der Waals surface area contributed by atoms with Gasteiger partial charge in [-0.25, -0.2) is 0 Å². The van der Waals surface area contributed by atoms with Crippen LogP contribution in [0.15, 0.2) is 10.2 Å². The fourth-order valence-electron chi connectivity index (χ4n) is 0.946. The predicted molar refractivity (Wildman–Crippen MR) is 80.9 cm³/mol. The van der Waals surface area contributed by atoms with Gasteiger partial charge in [0.2, 0.25) is 0 Å². The third kappa shape index (κ3) is 7.22. The maximum atomic E-state index is 9.80. The number of hydrogen-bond acceptors (Lipinski definition) is 8. The molecule has 10 N–H and O–H groups in total. The summed E-state index contributed by atoms with van der Waals surface area (Å²) in [4.78, 5) is 0. The maximum absolute atomic E-state index is 9.80. The number of nitrogens with zero attached hydrogens (tertiary/aromatic N) is 2. The van der Waals surface area contributed by atoms with Crippen molar-refractivity contribution in [3.63, 3.8) is 0 Å². The van der Waals surface area contributed by atoms with Crippen LogP contribution in [0.2, 0.25) is 0 Å². The lowest BCUT2D eigenvalue weighted by atomic mass is 10.0. The minimum absolute atomic E-state index is 0.131. The van der Waals surface area contributed by atoms with Crippen LogP contribution in [-0.4, -0.2) is 67.5 Å². The van der Waals surface area contributed by atoms with Gasteiger partial charge >= 0.3 is 0 Å². The van der Waals surface area contributed by atoms with Crippen molar-refractivity contribution in [2.75, 3.05) is 6.61 Å². The van der Waals surface area contributed by atoms with E-state index in [1.54, 1.807) is 0 Å². The van der Waals surface area contributed by atoms with E-state index in [0.29, 0.717) is 0 Å². The summed E-state index contributed by atoms with van der Waals surface area (Å²) in [7, 11) is 0. The number of aliphatic hydroxyl groups excluding tert-OH is 4. The third-order valence-corrected chi connectivity index (χ3v) is 2.06. The molecule has 3 unspecified atom stereocenters. The summed E-state index contributed by atoms with van der Waals surface area (Å²) in [5.74, 6) is 0. The number of hydrogen-bond donors (Lipinski definition) is 8. The molecular weight excluding hydrogens is 308 g/mol. The van der Waals surface area contributed by atoms with Crippen molar-refractivity contribution in [1.29, 1.82) is 0 Å². The standard InChI is InChI=1S/C8H16N6O4S2/c9-7(19)13-11-1-3(12-14-8(10)20)5(17)6(18)4(16)2-15/h1,4-6,15-18H,2H2,(H3,9,13,19)(H3,10,14,20)/b11-1-,12-3?. The molecule has 0 spiro atoms. The monoisotopic (exact) mass is 324 g/mol. The molecule has 12 heteroatoms. The van der Waals surface area contributed by atoms with Gasteiger partial charge < -0.3 is 31.9 Å². The SMILES string of the molecule is NC(=S)NN=C(/C=N\NC(N)=S)C(O)C(O)C(O)CO. The van der Waals surface area contributed by atoms with Gasteiger partial charge in [0.05, 0.1) is 12.8 Å². The summed E-state index contributed by atoms with van der Waals surface area (Å²) in [6.45, 7) is -0.753. The van der Waals surface area contributed by atoms with Crippen LogP contribution in [-0.2, 0) is 0 Å². The fourth-order valence-corrected chi connectivity index (χ4v) is 1.04. The number of hydrazone groups is 2. The van der Waals surface area contributed by atoms with Crippen molar-refractivity contribution in [1.82, 2.24) is 10.9 Å². The lowest BCUT2D eigenvalue weighted by Crippen LogP contribution is -2.45. The highest BCUT2D eigenvalue weighted by molar-refractivity contribution is 7.80. The van der Waals surface area contributed by atoms with Gasteiger partial charge in [-0.05, 0) is 24.4 Å². The molecule has 0 radical (unpaired) electrons. The van der Waals surface area contributed by atoms with E-state index in [-0.39, 0.29) is 15.9 Å². The highest BCUT2D eigenvalue weighted by Crippen LogP contribution is 2.01. The Morgan fingerprint density at radius 1 is 1.15 bits per heavy atom. The van der Waals surface area contributed by atoms with Gasteiger partial charge in [-0.3, -0.25) is 10.9 Å². The zero-order valence-corrected chi connectivity index (χ0v) is 11.8. The third-order valence-electron chi connectivity index (χ3n) is 1.87. The van der Waals surface area contributed by atoms with Crippen LogP contribution in [0.4, 0.5) is 0 Å². The molecule has 20 heavy (non-hydrogen) atoms. The highest BCUT2D eigenvalue weighted by Gasteiger charge is 2.27. The molecule has 0 aromatic rings. The Kier molecular flexibility index (Phi) is 8.78. The molecule has 0 aliphatic rings. The van der Waals surface area contributed by atoms with E-state index < -0.39 is 24.9 Å². The van der Waals surface area contributed by atoms with Gasteiger partial charge in [0.1, 0.15) is 24.0 Å². The molecule has 0 saturated carbocycles. The molecule has 10 nitrogen and oxygen atoms in total. The van der Waals surface area contributed by atoms with Crippen LogP contribution in [0.3, 0.4) is 0 Å². The Morgan fingerprint density at radius 2 is 1.70 bits per heavy atom. The lowest BCUT2D eigenvalue weighted by Gasteiger charge is -2.21. The number of thiocarbonyl (C=S) groups is 2. The molecule has 0 amide bonds. The van der Waals surface area contributed by atoms with E-state index >= 15 is 0 Å². The quantitative estimate of drug-likeness (QED) is 0.131. The Morgan fingerprint density at radius 3 is 2.15 bits per heavy atom. The minimum Gasteiger partial charge on any atom is -0.394 e. The van der Waals surface area contributed by atoms with Gasteiger partial charge in [0.15, 0.2) is 10.2 Å². The van der Waals surface area contributed by atoms with Crippen molar-refractivity contribution in [3.05, 3.63) is 0 Å². The largest absolute Gasteiger partial charge is 0.394 e. The number of aliphatic hydroxyl groups is 4. The van der Waals surface area contributed by atoms with E-state index in [9.17, 15) is 15.3 Å². The van der Waals surface area contributed by atoms with Crippen molar-refractivity contribution in [2.45, 2.75) is 18.3 Å². The van der Waals surface area contributed by atoms with Crippen LogP contribution in [0.1, 0.15) is 0 Å². The zero-order valence-electron chi connectivity index (χ0n) is 10.2. The summed E-state index contributed by atoms with van der Waals surface area (Å²) in [5, 5.41) is 44.1. The molecule has 0 saturated heterocycles. The summed E-state index contributed by atoms with van der Waals surface area (Å²) >= 11 is 9.02. The first-order valence-electron chi connectivity index (χ1n) is 5.16. The maximum Gasteiger partial charge on any atom is 0.184 e. The van der Waals surface area contributed by atoms with E-state index in [4.69, 9.17) is 16.6 Å². The average molecular weight is 324 g/mol. The second-order valence-electron chi connectivity index (χ2n) is 3.43. The Hall–Kier alpha value is -1.44. The van der Waals surface area contributed by atoms with E-state index in [0.717, 1.165) is 6.21 Å².